The van der Waals surface area contributed by atoms with Crippen LogP contribution in [0.4, 0.5) is 5.69 Å². The SMILES string of the molecule is CCCN(CCC)C(=O)c1cc(C(N)=O)cc(N(C)S(=O)(=O)c2cccs2)c1. The third-order valence-corrected chi connectivity index (χ3v) is 7.36. The summed E-state index contributed by atoms with van der Waals surface area (Å²) in [4.78, 5) is 26.4. The van der Waals surface area contributed by atoms with Crippen LogP contribution in [0.15, 0.2) is 39.9 Å². The normalized spacial score (nSPS) is 11.2. The molecule has 2 rings (SSSR count). The van der Waals surface area contributed by atoms with E-state index in [1.807, 2.05) is 13.8 Å². The first kappa shape index (κ1) is 21.9. The van der Waals surface area contributed by atoms with Crippen molar-refractivity contribution < 1.29 is 18.0 Å². The first-order valence-corrected chi connectivity index (χ1v) is 11.3. The zero-order chi connectivity index (χ0) is 20.9. The molecule has 0 aliphatic rings. The van der Waals surface area contributed by atoms with Gasteiger partial charge in [0.15, 0.2) is 0 Å². The van der Waals surface area contributed by atoms with E-state index in [4.69, 9.17) is 5.73 Å². The number of thiophene rings is 1. The van der Waals surface area contributed by atoms with Crippen LogP contribution in [0.25, 0.3) is 0 Å². The number of sulfonamides is 1. The average molecular weight is 424 g/mol. The molecule has 2 N–H and O–H groups in total. The fourth-order valence-corrected chi connectivity index (χ4v) is 5.12. The first-order chi connectivity index (χ1) is 13.2. The fraction of sp³-hybridized carbons (Fsp3) is 0.368. The molecule has 0 atom stereocenters. The summed E-state index contributed by atoms with van der Waals surface area (Å²) in [6, 6.07) is 7.43. The molecule has 152 valence electrons. The molecule has 1 aromatic heterocycles. The molecule has 0 aliphatic heterocycles. The molecule has 9 heteroatoms. The van der Waals surface area contributed by atoms with Crippen molar-refractivity contribution in [1.82, 2.24) is 4.90 Å². The highest BCUT2D eigenvalue weighted by Crippen LogP contribution is 2.27. The summed E-state index contributed by atoms with van der Waals surface area (Å²) in [7, 11) is -2.41. The van der Waals surface area contributed by atoms with Gasteiger partial charge in [0.2, 0.25) is 5.91 Å². The molecule has 0 saturated carbocycles. The summed E-state index contributed by atoms with van der Waals surface area (Å²) in [5.74, 6) is -0.981. The number of hydrogen-bond donors (Lipinski definition) is 1. The number of carbonyl (C=O) groups excluding carboxylic acids is 2. The summed E-state index contributed by atoms with van der Waals surface area (Å²) >= 11 is 1.10. The second kappa shape index (κ2) is 9.20. The van der Waals surface area contributed by atoms with E-state index in [-0.39, 0.29) is 26.9 Å². The first-order valence-electron chi connectivity index (χ1n) is 8.99. The van der Waals surface area contributed by atoms with Crippen LogP contribution in [-0.4, -0.2) is 45.3 Å². The Bertz CT molecular complexity index is 934. The van der Waals surface area contributed by atoms with Crippen LogP contribution in [-0.2, 0) is 10.0 Å². The van der Waals surface area contributed by atoms with Gasteiger partial charge in [-0.1, -0.05) is 19.9 Å². The maximum absolute atomic E-state index is 13.0. The van der Waals surface area contributed by atoms with E-state index in [2.05, 4.69) is 0 Å². The predicted octanol–water partition coefficient (Wildman–Crippen LogP) is 2.93. The Morgan fingerprint density at radius 2 is 1.68 bits per heavy atom. The highest BCUT2D eigenvalue weighted by atomic mass is 32.2. The Hall–Kier alpha value is -2.39. The van der Waals surface area contributed by atoms with Gasteiger partial charge in [-0.3, -0.25) is 13.9 Å². The quantitative estimate of drug-likeness (QED) is 0.670. The molecule has 0 radical (unpaired) electrons. The maximum atomic E-state index is 13.0. The Morgan fingerprint density at radius 3 is 2.18 bits per heavy atom. The molecule has 0 saturated heterocycles. The van der Waals surface area contributed by atoms with Crippen molar-refractivity contribution in [2.45, 2.75) is 30.9 Å². The fourth-order valence-electron chi connectivity index (χ4n) is 2.78. The van der Waals surface area contributed by atoms with Crippen molar-refractivity contribution in [1.29, 1.82) is 0 Å². The lowest BCUT2D eigenvalue weighted by molar-refractivity contribution is 0.0755. The monoisotopic (exact) mass is 423 g/mol. The lowest BCUT2D eigenvalue weighted by Crippen LogP contribution is -2.33. The minimum Gasteiger partial charge on any atom is -0.366 e. The molecule has 0 aliphatic carbocycles. The van der Waals surface area contributed by atoms with E-state index in [1.54, 1.807) is 16.3 Å². The van der Waals surface area contributed by atoms with Crippen molar-refractivity contribution in [3.05, 3.63) is 46.8 Å². The minimum absolute atomic E-state index is 0.0852. The second-order valence-electron chi connectivity index (χ2n) is 6.33. The molecule has 2 amide bonds. The van der Waals surface area contributed by atoms with E-state index < -0.39 is 15.9 Å². The average Bonchev–Trinajstić information content (AvgIpc) is 3.22. The molecule has 0 unspecified atom stereocenters. The number of benzene rings is 1. The number of anilines is 1. The summed E-state index contributed by atoms with van der Waals surface area (Å²) in [5, 5.41) is 1.67. The van der Waals surface area contributed by atoms with Crippen LogP contribution in [0.5, 0.6) is 0 Å². The van der Waals surface area contributed by atoms with E-state index in [0.717, 1.165) is 28.5 Å². The number of hydrogen-bond acceptors (Lipinski definition) is 5. The smallest absolute Gasteiger partial charge is 0.273 e. The van der Waals surface area contributed by atoms with Crippen LogP contribution in [0.1, 0.15) is 47.4 Å². The Balaban J connectivity index is 2.51. The number of primary amides is 1. The number of nitrogens with zero attached hydrogens (tertiary/aromatic N) is 2. The van der Waals surface area contributed by atoms with Crippen LogP contribution in [0, 0.1) is 0 Å². The van der Waals surface area contributed by atoms with E-state index >= 15 is 0 Å². The topological polar surface area (TPSA) is 101 Å². The van der Waals surface area contributed by atoms with Crippen molar-refractivity contribution in [3.8, 4) is 0 Å². The van der Waals surface area contributed by atoms with Gasteiger partial charge in [0.1, 0.15) is 4.21 Å². The molecular formula is C19H25N3O4S2. The zero-order valence-corrected chi connectivity index (χ0v) is 17.8. The van der Waals surface area contributed by atoms with Gasteiger partial charge in [-0.05, 0) is 42.5 Å². The van der Waals surface area contributed by atoms with E-state index in [9.17, 15) is 18.0 Å². The van der Waals surface area contributed by atoms with Gasteiger partial charge in [-0.15, -0.1) is 11.3 Å². The molecule has 1 heterocycles. The Morgan fingerprint density at radius 1 is 1.07 bits per heavy atom. The minimum atomic E-state index is -3.80. The lowest BCUT2D eigenvalue weighted by Gasteiger charge is -2.24. The van der Waals surface area contributed by atoms with Gasteiger partial charge >= 0.3 is 0 Å². The molecular weight excluding hydrogens is 398 g/mol. The van der Waals surface area contributed by atoms with Crippen molar-refractivity contribution in [3.63, 3.8) is 0 Å². The highest BCUT2D eigenvalue weighted by Gasteiger charge is 2.25. The molecule has 0 bridgehead atoms. The lowest BCUT2D eigenvalue weighted by atomic mass is 10.1. The third-order valence-electron chi connectivity index (χ3n) is 4.20. The predicted molar refractivity (Wildman–Crippen MR) is 111 cm³/mol. The van der Waals surface area contributed by atoms with Gasteiger partial charge in [0, 0.05) is 31.3 Å². The van der Waals surface area contributed by atoms with Crippen molar-refractivity contribution >= 4 is 38.9 Å². The molecule has 0 fully saturated rings. The standard InChI is InChI=1S/C19H25N3O4S2/c1-4-8-22(9-5-2)19(24)15-11-14(18(20)23)12-16(13-15)21(3)28(25,26)17-7-6-10-27-17/h6-7,10-13H,4-5,8-9H2,1-3H3,(H2,20,23). The van der Waals surface area contributed by atoms with Crippen LogP contribution in [0.3, 0.4) is 0 Å². The number of amides is 2. The highest BCUT2D eigenvalue weighted by molar-refractivity contribution is 7.94. The van der Waals surface area contributed by atoms with Gasteiger partial charge < -0.3 is 10.6 Å². The summed E-state index contributed by atoms with van der Waals surface area (Å²) < 4.78 is 26.9. The molecule has 1 aromatic carbocycles. The second-order valence-corrected chi connectivity index (χ2v) is 9.47. The summed E-state index contributed by atoms with van der Waals surface area (Å²) in [5.41, 5.74) is 5.95. The van der Waals surface area contributed by atoms with Crippen LogP contribution in [0.2, 0.25) is 0 Å². The molecule has 28 heavy (non-hydrogen) atoms. The van der Waals surface area contributed by atoms with Gasteiger partial charge in [0.25, 0.3) is 15.9 Å². The van der Waals surface area contributed by atoms with E-state index in [1.165, 1.54) is 31.3 Å². The third kappa shape index (κ3) is 4.71. The Labute approximate surface area is 169 Å². The largest absolute Gasteiger partial charge is 0.366 e. The number of nitrogens with two attached hydrogens (primary N) is 1. The Kier molecular flexibility index (Phi) is 7.20. The van der Waals surface area contributed by atoms with E-state index in [0.29, 0.717) is 13.1 Å². The van der Waals surface area contributed by atoms with Gasteiger partial charge in [-0.25, -0.2) is 8.42 Å². The van der Waals surface area contributed by atoms with Gasteiger partial charge in [0.05, 0.1) is 5.69 Å². The van der Waals surface area contributed by atoms with Crippen molar-refractivity contribution in [2.24, 2.45) is 5.73 Å². The summed E-state index contributed by atoms with van der Waals surface area (Å²) in [6.45, 7) is 5.10. The number of rotatable bonds is 9. The molecule has 7 nitrogen and oxygen atoms in total. The van der Waals surface area contributed by atoms with Crippen LogP contribution < -0.4 is 10.0 Å². The maximum Gasteiger partial charge on any atom is 0.273 e. The summed E-state index contributed by atoms with van der Waals surface area (Å²) in [6.07, 6.45) is 1.58. The van der Waals surface area contributed by atoms with Crippen LogP contribution >= 0.6 is 11.3 Å². The van der Waals surface area contributed by atoms with Gasteiger partial charge in [-0.2, -0.15) is 0 Å². The zero-order valence-electron chi connectivity index (χ0n) is 16.2. The van der Waals surface area contributed by atoms with Crippen molar-refractivity contribution in [2.75, 3.05) is 24.4 Å². The number of carbonyl (C=O) groups is 2. The molecule has 0 spiro atoms. The molecule has 2 aromatic rings.